The predicted octanol–water partition coefficient (Wildman–Crippen LogP) is 2.75. The van der Waals surface area contributed by atoms with Gasteiger partial charge in [0.1, 0.15) is 11.4 Å². The fraction of sp³-hybridized carbons (Fsp3) is 0.0909. The minimum absolute atomic E-state index is 0.298. The third-order valence-electron chi connectivity index (χ3n) is 2.18. The van der Waals surface area contributed by atoms with E-state index >= 15 is 0 Å². The Bertz CT molecular complexity index is 585. The van der Waals surface area contributed by atoms with E-state index in [2.05, 4.69) is 26.2 Å². The smallest absolute Gasteiger partial charge is 0.275 e. The van der Waals surface area contributed by atoms with Crippen molar-refractivity contribution in [2.45, 2.75) is 0 Å². The van der Waals surface area contributed by atoms with Crippen molar-refractivity contribution in [3.63, 3.8) is 0 Å². The molecule has 0 spiro atoms. The van der Waals surface area contributed by atoms with Crippen LogP contribution in [0.5, 0.6) is 5.75 Å². The van der Waals surface area contributed by atoms with Gasteiger partial charge in [0.25, 0.3) is 5.91 Å². The van der Waals surface area contributed by atoms with E-state index in [9.17, 15) is 4.79 Å². The molecule has 1 amide bonds. The van der Waals surface area contributed by atoms with Crippen molar-refractivity contribution < 1.29 is 9.53 Å². The van der Waals surface area contributed by atoms with E-state index in [-0.39, 0.29) is 5.91 Å². The van der Waals surface area contributed by atoms with Gasteiger partial charge in [0.15, 0.2) is 5.13 Å². The Morgan fingerprint density at radius 1 is 1.56 bits per heavy atom. The molecule has 7 heteroatoms. The SMILES string of the molecule is COc1ccc(Br)c(NC(=O)c2csc(N)n2)c1. The van der Waals surface area contributed by atoms with Crippen molar-refractivity contribution in [1.29, 1.82) is 0 Å². The molecule has 1 aromatic heterocycles. The molecule has 18 heavy (non-hydrogen) atoms. The van der Waals surface area contributed by atoms with Crippen LogP contribution in [0, 0.1) is 0 Å². The number of carbonyl (C=O) groups is 1. The number of aromatic nitrogens is 1. The van der Waals surface area contributed by atoms with Crippen molar-refractivity contribution in [2.24, 2.45) is 0 Å². The van der Waals surface area contributed by atoms with Gasteiger partial charge < -0.3 is 15.8 Å². The fourth-order valence-corrected chi connectivity index (χ4v) is 2.19. The molecule has 1 aromatic carbocycles. The molecule has 0 aliphatic carbocycles. The highest BCUT2D eigenvalue weighted by molar-refractivity contribution is 9.10. The van der Waals surface area contributed by atoms with Crippen molar-refractivity contribution in [2.75, 3.05) is 18.2 Å². The summed E-state index contributed by atoms with van der Waals surface area (Å²) in [6.45, 7) is 0. The van der Waals surface area contributed by atoms with Crippen LogP contribution in [-0.2, 0) is 0 Å². The number of nitrogens with one attached hydrogen (secondary N) is 1. The van der Waals surface area contributed by atoms with Gasteiger partial charge in [-0.1, -0.05) is 0 Å². The van der Waals surface area contributed by atoms with Crippen molar-refractivity contribution in [3.05, 3.63) is 33.7 Å². The van der Waals surface area contributed by atoms with Gasteiger partial charge in [-0.2, -0.15) is 0 Å². The number of nitrogens with two attached hydrogens (primary N) is 1. The molecule has 0 bridgehead atoms. The average Bonchev–Trinajstić information content (AvgIpc) is 2.79. The van der Waals surface area contributed by atoms with Crippen LogP contribution in [0.15, 0.2) is 28.1 Å². The van der Waals surface area contributed by atoms with E-state index in [4.69, 9.17) is 10.5 Å². The van der Waals surface area contributed by atoms with Crippen molar-refractivity contribution in [1.82, 2.24) is 4.98 Å². The van der Waals surface area contributed by atoms with Gasteiger partial charge in [-0.25, -0.2) is 4.98 Å². The van der Waals surface area contributed by atoms with Crippen LogP contribution in [0.3, 0.4) is 0 Å². The second-order valence-electron chi connectivity index (χ2n) is 3.37. The van der Waals surface area contributed by atoms with Gasteiger partial charge in [-0.15, -0.1) is 11.3 Å². The van der Waals surface area contributed by atoms with Gasteiger partial charge in [0.05, 0.1) is 12.8 Å². The molecule has 0 saturated heterocycles. The fourth-order valence-electron chi connectivity index (χ4n) is 1.31. The summed E-state index contributed by atoms with van der Waals surface area (Å²) in [7, 11) is 1.57. The second kappa shape index (κ2) is 5.36. The number of nitrogen functional groups attached to an aromatic ring is 1. The van der Waals surface area contributed by atoms with Gasteiger partial charge in [0.2, 0.25) is 0 Å². The summed E-state index contributed by atoms with van der Waals surface area (Å²) in [6.07, 6.45) is 0. The highest BCUT2D eigenvalue weighted by Gasteiger charge is 2.12. The zero-order chi connectivity index (χ0) is 13.1. The minimum atomic E-state index is -0.308. The van der Waals surface area contributed by atoms with Crippen molar-refractivity contribution in [3.8, 4) is 5.75 Å². The maximum Gasteiger partial charge on any atom is 0.275 e. The first-order valence-electron chi connectivity index (χ1n) is 4.96. The molecule has 0 atom stereocenters. The third-order valence-corrected chi connectivity index (χ3v) is 3.54. The zero-order valence-corrected chi connectivity index (χ0v) is 11.8. The zero-order valence-electron chi connectivity index (χ0n) is 9.44. The van der Waals surface area contributed by atoms with E-state index in [0.29, 0.717) is 22.3 Å². The highest BCUT2D eigenvalue weighted by atomic mass is 79.9. The number of benzene rings is 1. The number of hydrogen-bond acceptors (Lipinski definition) is 5. The van der Waals surface area contributed by atoms with Gasteiger partial charge in [0, 0.05) is 15.9 Å². The molecule has 2 aromatic rings. The van der Waals surface area contributed by atoms with Crippen LogP contribution in [-0.4, -0.2) is 18.0 Å². The van der Waals surface area contributed by atoms with E-state index in [1.807, 2.05) is 0 Å². The maximum absolute atomic E-state index is 11.9. The molecular formula is C11H10BrN3O2S. The quantitative estimate of drug-likeness (QED) is 0.908. The lowest BCUT2D eigenvalue weighted by atomic mass is 10.3. The number of nitrogens with zero attached hydrogens (tertiary/aromatic N) is 1. The molecule has 0 radical (unpaired) electrons. The van der Waals surface area contributed by atoms with Crippen LogP contribution in [0.25, 0.3) is 0 Å². The minimum Gasteiger partial charge on any atom is -0.497 e. The standard InChI is InChI=1S/C11H10BrN3O2S/c1-17-6-2-3-7(12)8(4-6)14-10(16)9-5-18-11(13)15-9/h2-5H,1H3,(H2,13,15)(H,14,16). The molecule has 0 fully saturated rings. The Morgan fingerprint density at radius 3 is 2.94 bits per heavy atom. The van der Waals surface area contributed by atoms with E-state index in [1.165, 1.54) is 11.3 Å². The van der Waals surface area contributed by atoms with Crippen LogP contribution < -0.4 is 15.8 Å². The van der Waals surface area contributed by atoms with Crippen LogP contribution in [0.2, 0.25) is 0 Å². The summed E-state index contributed by atoms with van der Waals surface area (Å²) in [5, 5.41) is 4.71. The molecule has 0 saturated carbocycles. The Labute approximate surface area is 116 Å². The summed E-state index contributed by atoms with van der Waals surface area (Å²) < 4.78 is 5.86. The topological polar surface area (TPSA) is 77.2 Å². The lowest BCUT2D eigenvalue weighted by Crippen LogP contribution is -2.12. The third kappa shape index (κ3) is 2.80. The molecule has 5 nitrogen and oxygen atoms in total. The molecule has 0 unspecified atom stereocenters. The highest BCUT2D eigenvalue weighted by Crippen LogP contribution is 2.27. The van der Waals surface area contributed by atoms with Gasteiger partial charge in [-0.3, -0.25) is 4.79 Å². The summed E-state index contributed by atoms with van der Waals surface area (Å²) in [6, 6.07) is 5.31. The van der Waals surface area contributed by atoms with Crippen LogP contribution in [0.1, 0.15) is 10.5 Å². The number of rotatable bonds is 3. The molecule has 2 rings (SSSR count). The van der Waals surface area contributed by atoms with E-state index in [1.54, 1.807) is 30.7 Å². The largest absolute Gasteiger partial charge is 0.497 e. The lowest BCUT2D eigenvalue weighted by Gasteiger charge is -2.08. The normalized spacial score (nSPS) is 10.1. The number of carbonyl (C=O) groups excluding carboxylic acids is 1. The number of halogens is 1. The number of hydrogen-bond donors (Lipinski definition) is 2. The summed E-state index contributed by atoms with van der Waals surface area (Å²) in [5.74, 6) is 0.350. The first kappa shape index (κ1) is 12.8. The van der Waals surface area contributed by atoms with E-state index in [0.717, 1.165) is 4.47 Å². The lowest BCUT2D eigenvalue weighted by molar-refractivity contribution is 0.102. The Morgan fingerprint density at radius 2 is 2.33 bits per heavy atom. The molecule has 0 aliphatic rings. The Balaban J connectivity index is 2.21. The number of thiazole rings is 1. The van der Waals surface area contributed by atoms with E-state index < -0.39 is 0 Å². The summed E-state index contributed by atoms with van der Waals surface area (Å²) in [4.78, 5) is 15.8. The first-order chi connectivity index (χ1) is 8.60. The Hall–Kier alpha value is -1.60. The number of amides is 1. The average molecular weight is 328 g/mol. The molecule has 1 heterocycles. The number of methoxy groups -OCH3 is 1. The molecule has 0 aliphatic heterocycles. The second-order valence-corrected chi connectivity index (χ2v) is 5.11. The number of anilines is 2. The predicted molar refractivity (Wildman–Crippen MR) is 75.2 cm³/mol. The molecule has 94 valence electrons. The van der Waals surface area contributed by atoms with Gasteiger partial charge in [-0.05, 0) is 28.1 Å². The van der Waals surface area contributed by atoms with Crippen LogP contribution in [0.4, 0.5) is 10.8 Å². The molecule has 3 N–H and O–H groups in total. The van der Waals surface area contributed by atoms with Crippen LogP contribution >= 0.6 is 27.3 Å². The maximum atomic E-state index is 11.9. The monoisotopic (exact) mass is 327 g/mol. The van der Waals surface area contributed by atoms with Crippen molar-refractivity contribution >= 4 is 44.0 Å². The Kier molecular flexibility index (Phi) is 3.83. The number of ether oxygens (including phenoxy) is 1. The summed E-state index contributed by atoms with van der Waals surface area (Å²) >= 11 is 4.58. The van der Waals surface area contributed by atoms with Gasteiger partial charge >= 0.3 is 0 Å². The molecular weight excluding hydrogens is 318 g/mol. The summed E-state index contributed by atoms with van der Waals surface area (Å²) in [5.41, 5.74) is 6.40. The first-order valence-corrected chi connectivity index (χ1v) is 6.63.